The molecule has 4 aromatic rings. The van der Waals surface area contributed by atoms with Gasteiger partial charge in [0.25, 0.3) is 0 Å². The fourth-order valence-electron chi connectivity index (χ4n) is 4.85. The summed E-state index contributed by atoms with van der Waals surface area (Å²) in [5.74, 6) is -0.214. The van der Waals surface area contributed by atoms with Crippen LogP contribution in [0.4, 0.5) is 34.8 Å². The molecule has 1 aliphatic heterocycles. The van der Waals surface area contributed by atoms with Crippen LogP contribution in [0.1, 0.15) is 24.5 Å². The summed E-state index contributed by atoms with van der Waals surface area (Å²) >= 11 is 0. The Morgan fingerprint density at radius 3 is 2.50 bits per heavy atom. The summed E-state index contributed by atoms with van der Waals surface area (Å²) in [5, 5.41) is 10.2. The molecule has 5 rings (SSSR count). The van der Waals surface area contributed by atoms with Crippen molar-refractivity contribution in [3.8, 4) is 11.4 Å². The monoisotopic (exact) mass is 550 g/mol. The molecule has 0 aliphatic carbocycles. The SMILES string of the molecule is C=C(Nc1nc(-c2ccccc2C(F)(F)F)nc2c(N3CCNCC3)cccc12)c1cccc(F)c1NCCC. The van der Waals surface area contributed by atoms with Crippen molar-refractivity contribution in [1.82, 2.24) is 15.3 Å². The number of piperazine rings is 1. The summed E-state index contributed by atoms with van der Waals surface area (Å²) in [4.78, 5) is 11.4. The third-order valence-electron chi connectivity index (χ3n) is 6.80. The predicted molar refractivity (Wildman–Crippen MR) is 153 cm³/mol. The Morgan fingerprint density at radius 1 is 1.00 bits per heavy atom. The number of hydrogen-bond acceptors (Lipinski definition) is 6. The van der Waals surface area contributed by atoms with E-state index in [2.05, 4.69) is 32.4 Å². The van der Waals surface area contributed by atoms with E-state index in [4.69, 9.17) is 4.98 Å². The third kappa shape index (κ3) is 5.58. The second-order valence-electron chi connectivity index (χ2n) is 9.54. The second kappa shape index (κ2) is 11.5. The molecule has 0 spiro atoms. The highest BCUT2D eigenvalue weighted by Gasteiger charge is 2.34. The number of fused-ring (bicyclic) bond motifs is 1. The van der Waals surface area contributed by atoms with Gasteiger partial charge in [0.05, 0.1) is 22.5 Å². The zero-order valence-electron chi connectivity index (χ0n) is 22.1. The molecule has 0 bridgehead atoms. The van der Waals surface area contributed by atoms with E-state index in [-0.39, 0.29) is 17.2 Å². The van der Waals surface area contributed by atoms with Crippen LogP contribution in [-0.4, -0.2) is 42.7 Å². The minimum absolute atomic E-state index is 0.0677. The average molecular weight is 551 g/mol. The first kappa shape index (κ1) is 27.4. The first-order chi connectivity index (χ1) is 19.3. The molecule has 1 saturated heterocycles. The van der Waals surface area contributed by atoms with E-state index in [1.54, 1.807) is 12.1 Å². The maximum Gasteiger partial charge on any atom is 0.417 e. The summed E-state index contributed by atoms with van der Waals surface area (Å²) in [6.07, 6.45) is -3.80. The van der Waals surface area contributed by atoms with Gasteiger partial charge in [0.1, 0.15) is 11.6 Å². The number of nitrogens with zero attached hydrogens (tertiary/aromatic N) is 3. The van der Waals surface area contributed by atoms with Crippen LogP contribution >= 0.6 is 0 Å². The number of para-hydroxylation sites is 2. The quantitative estimate of drug-likeness (QED) is 0.211. The van der Waals surface area contributed by atoms with E-state index < -0.39 is 17.6 Å². The summed E-state index contributed by atoms with van der Waals surface area (Å²) < 4.78 is 56.7. The van der Waals surface area contributed by atoms with Gasteiger partial charge in [0, 0.05) is 54.9 Å². The van der Waals surface area contributed by atoms with Crippen molar-refractivity contribution in [3.05, 3.63) is 84.2 Å². The highest BCUT2D eigenvalue weighted by atomic mass is 19.4. The largest absolute Gasteiger partial charge is 0.417 e. The van der Waals surface area contributed by atoms with Crippen molar-refractivity contribution in [2.45, 2.75) is 19.5 Å². The van der Waals surface area contributed by atoms with Gasteiger partial charge in [-0.2, -0.15) is 13.2 Å². The summed E-state index contributed by atoms with van der Waals surface area (Å²) in [5.41, 5.74) is 1.51. The lowest BCUT2D eigenvalue weighted by Crippen LogP contribution is -2.43. The van der Waals surface area contributed by atoms with Crippen LogP contribution in [0.25, 0.3) is 28.0 Å². The van der Waals surface area contributed by atoms with Crippen LogP contribution in [0.2, 0.25) is 0 Å². The molecule has 0 radical (unpaired) electrons. The molecule has 6 nitrogen and oxygen atoms in total. The zero-order valence-corrected chi connectivity index (χ0v) is 22.1. The lowest BCUT2D eigenvalue weighted by Gasteiger charge is -2.30. The molecule has 40 heavy (non-hydrogen) atoms. The summed E-state index contributed by atoms with van der Waals surface area (Å²) in [6.45, 7) is 9.67. The van der Waals surface area contributed by atoms with Crippen LogP contribution in [0.3, 0.4) is 0 Å². The smallest absolute Gasteiger partial charge is 0.382 e. The van der Waals surface area contributed by atoms with Gasteiger partial charge < -0.3 is 20.9 Å². The van der Waals surface area contributed by atoms with Gasteiger partial charge in [0.15, 0.2) is 5.82 Å². The predicted octanol–water partition coefficient (Wildman–Crippen LogP) is 6.77. The molecule has 0 amide bonds. The molecule has 1 fully saturated rings. The standard InChI is InChI=1S/C30H30F4N6/c1-3-14-36-26-20(9-6-12-24(26)31)19(2)37-29-22-10-7-13-25(40-17-15-35-16-18-40)27(22)38-28(39-29)21-8-4-5-11-23(21)30(32,33)34/h4-13,35-36H,2-3,14-18H2,1H3,(H,37,38,39). The number of alkyl halides is 3. The molecule has 0 atom stereocenters. The van der Waals surface area contributed by atoms with Crippen molar-refractivity contribution in [2.24, 2.45) is 0 Å². The topological polar surface area (TPSA) is 65.1 Å². The van der Waals surface area contributed by atoms with Gasteiger partial charge in [0.2, 0.25) is 0 Å². The Morgan fingerprint density at radius 2 is 1.75 bits per heavy atom. The molecule has 208 valence electrons. The van der Waals surface area contributed by atoms with Crippen LogP contribution in [0, 0.1) is 5.82 Å². The molecule has 1 aliphatic rings. The van der Waals surface area contributed by atoms with Crippen molar-refractivity contribution in [2.75, 3.05) is 48.3 Å². The number of anilines is 3. The first-order valence-corrected chi connectivity index (χ1v) is 13.2. The van der Waals surface area contributed by atoms with E-state index in [1.807, 2.05) is 25.1 Å². The molecular weight excluding hydrogens is 520 g/mol. The molecular formula is C30H30F4N6. The summed E-state index contributed by atoms with van der Waals surface area (Å²) in [7, 11) is 0. The molecule has 1 aromatic heterocycles. The van der Waals surface area contributed by atoms with Gasteiger partial charge in [-0.1, -0.05) is 49.9 Å². The number of nitrogens with one attached hydrogen (secondary N) is 3. The van der Waals surface area contributed by atoms with Crippen molar-refractivity contribution in [3.63, 3.8) is 0 Å². The van der Waals surface area contributed by atoms with Crippen molar-refractivity contribution < 1.29 is 17.6 Å². The Bertz CT molecular complexity index is 1530. The third-order valence-corrected chi connectivity index (χ3v) is 6.80. The van der Waals surface area contributed by atoms with Crippen LogP contribution < -0.4 is 20.9 Å². The van der Waals surface area contributed by atoms with Gasteiger partial charge in [-0.05, 0) is 30.7 Å². The lowest BCUT2D eigenvalue weighted by atomic mass is 10.1. The highest BCUT2D eigenvalue weighted by molar-refractivity contribution is 6.01. The zero-order chi connectivity index (χ0) is 28.3. The van der Waals surface area contributed by atoms with E-state index in [9.17, 15) is 17.6 Å². The Balaban J connectivity index is 1.67. The Hall–Kier alpha value is -4.18. The molecule has 10 heteroatoms. The number of benzene rings is 3. The average Bonchev–Trinajstić information content (AvgIpc) is 2.96. The number of halogens is 4. The van der Waals surface area contributed by atoms with E-state index in [0.29, 0.717) is 34.4 Å². The van der Waals surface area contributed by atoms with Gasteiger partial charge >= 0.3 is 6.18 Å². The first-order valence-electron chi connectivity index (χ1n) is 13.2. The van der Waals surface area contributed by atoms with Gasteiger partial charge in [-0.3, -0.25) is 0 Å². The van der Waals surface area contributed by atoms with Crippen molar-refractivity contribution >= 4 is 33.8 Å². The van der Waals surface area contributed by atoms with E-state index in [1.165, 1.54) is 24.3 Å². The maximum absolute atomic E-state index is 14.8. The molecule has 0 saturated carbocycles. The van der Waals surface area contributed by atoms with E-state index >= 15 is 0 Å². The minimum atomic E-state index is -4.59. The number of hydrogen-bond donors (Lipinski definition) is 3. The summed E-state index contributed by atoms with van der Waals surface area (Å²) in [6, 6.07) is 15.5. The fourth-order valence-corrected chi connectivity index (χ4v) is 4.85. The van der Waals surface area contributed by atoms with Gasteiger partial charge in [-0.25, -0.2) is 14.4 Å². The number of aromatic nitrogens is 2. The molecule has 3 N–H and O–H groups in total. The van der Waals surface area contributed by atoms with Crippen molar-refractivity contribution in [1.29, 1.82) is 0 Å². The fraction of sp³-hybridized carbons (Fsp3) is 0.267. The lowest BCUT2D eigenvalue weighted by molar-refractivity contribution is -0.137. The highest BCUT2D eigenvalue weighted by Crippen LogP contribution is 2.39. The van der Waals surface area contributed by atoms with E-state index in [0.717, 1.165) is 44.4 Å². The molecule has 2 heterocycles. The van der Waals surface area contributed by atoms with Crippen LogP contribution in [0.15, 0.2) is 67.2 Å². The second-order valence-corrected chi connectivity index (χ2v) is 9.54. The van der Waals surface area contributed by atoms with Crippen LogP contribution in [0.5, 0.6) is 0 Å². The van der Waals surface area contributed by atoms with Crippen LogP contribution in [-0.2, 0) is 6.18 Å². The number of rotatable bonds is 8. The molecule has 3 aromatic carbocycles. The maximum atomic E-state index is 14.8. The minimum Gasteiger partial charge on any atom is -0.382 e. The molecule has 0 unspecified atom stereocenters. The Kier molecular flexibility index (Phi) is 7.88. The Labute approximate surface area is 230 Å². The van der Waals surface area contributed by atoms with Gasteiger partial charge in [-0.15, -0.1) is 0 Å². The normalized spacial score (nSPS) is 13.9.